The maximum absolute atomic E-state index is 10.4. The second-order valence-electron chi connectivity index (χ2n) is 6.92. The number of rotatable bonds is 13. The predicted octanol–water partition coefficient (Wildman–Crippen LogP) is 2.90. The zero-order valence-electron chi connectivity index (χ0n) is 16.6. The molecule has 1 rings (SSSR count). The van der Waals surface area contributed by atoms with Crippen molar-refractivity contribution in [3.05, 3.63) is 48.6 Å². The van der Waals surface area contributed by atoms with Crippen LogP contribution in [0.2, 0.25) is 0 Å². The predicted molar refractivity (Wildman–Crippen MR) is 109 cm³/mol. The van der Waals surface area contributed by atoms with E-state index in [2.05, 4.69) is 19.1 Å². The number of carbonyl (C=O) groups is 1. The van der Waals surface area contributed by atoms with Gasteiger partial charge in [-0.1, -0.05) is 55.5 Å². The first-order valence-corrected chi connectivity index (χ1v) is 9.98. The van der Waals surface area contributed by atoms with Crippen LogP contribution >= 0.6 is 0 Å². The van der Waals surface area contributed by atoms with Crippen LogP contribution in [0.4, 0.5) is 0 Å². The fourth-order valence-corrected chi connectivity index (χ4v) is 2.84. The molecular formula is C22H34O6. The number of carboxylic acids is 1. The molecule has 6 nitrogen and oxygen atoms in total. The molecule has 1 saturated heterocycles. The van der Waals surface area contributed by atoms with Crippen LogP contribution < -0.4 is 0 Å². The van der Waals surface area contributed by atoms with Gasteiger partial charge in [0.05, 0.1) is 24.4 Å². The highest BCUT2D eigenvalue weighted by Crippen LogP contribution is 2.25. The molecule has 0 aromatic rings. The van der Waals surface area contributed by atoms with Crippen LogP contribution in [0.15, 0.2) is 48.6 Å². The molecule has 0 aromatic heterocycles. The zero-order chi connectivity index (χ0) is 20.8. The molecule has 0 saturated carbocycles. The van der Waals surface area contributed by atoms with Gasteiger partial charge in [0.1, 0.15) is 6.10 Å². The molecular weight excluding hydrogens is 360 g/mol. The Hall–Kier alpha value is -1.73. The summed E-state index contributed by atoms with van der Waals surface area (Å²) in [5, 5.41) is 38.8. The lowest BCUT2D eigenvalue weighted by Crippen LogP contribution is -2.25. The van der Waals surface area contributed by atoms with Gasteiger partial charge in [0, 0.05) is 12.8 Å². The van der Waals surface area contributed by atoms with Gasteiger partial charge >= 0.3 is 5.97 Å². The van der Waals surface area contributed by atoms with Crippen LogP contribution in [0.3, 0.4) is 0 Å². The topological polar surface area (TPSA) is 107 Å². The molecule has 5 atom stereocenters. The Labute approximate surface area is 167 Å². The van der Waals surface area contributed by atoms with E-state index in [1.165, 1.54) is 0 Å². The smallest absolute Gasteiger partial charge is 0.303 e. The first-order valence-electron chi connectivity index (χ1n) is 9.98. The van der Waals surface area contributed by atoms with Crippen LogP contribution in [0.1, 0.15) is 51.9 Å². The third kappa shape index (κ3) is 10.6. The van der Waals surface area contributed by atoms with Crippen LogP contribution in [0.5, 0.6) is 0 Å². The molecule has 0 aromatic carbocycles. The third-order valence-electron chi connectivity index (χ3n) is 4.42. The van der Waals surface area contributed by atoms with Gasteiger partial charge in [-0.05, 0) is 32.1 Å². The van der Waals surface area contributed by atoms with E-state index >= 15 is 0 Å². The molecule has 4 N–H and O–H groups in total. The Morgan fingerprint density at radius 2 is 1.82 bits per heavy atom. The highest BCUT2D eigenvalue weighted by atomic mass is 16.5. The quantitative estimate of drug-likeness (QED) is 0.358. The van der Waals surface area contributed by atoms with Crippen molar-refractivity contribution in [2.24, 2.45) is 0 Å². The third-order valence-corrected chi connectivity index (χ3v) is 4.42. The molecule has 0 amide bonds. The summed E-state index contributed by atoms with van der Waals surface area (Å²) in [4.78, 5) is 10.4. The van der Waals surface area contributed by atoms with Gasteiger partial charge in [-0.15, -0.1) is 0 Å². The fourth-order valence-electron chi connectivity index (χ4n) is 2.84. The summed E-state index contributed by atoms with van der Waals surface area (Å²) < 4.78 is 5.72. The van der Waals surface area contributed by atoms with Crippen molar-refractivity contribution < 1.29 is 30.0 Å². The highest BCUT2D eigenvalue weighted by molar-refractivity contribution is 5.66. The van der Waals surface area contributed by atoms with E-state index in [0.717, 1.165) is 12.8 Å². The maximum Gasteiger partial charge on any atom is 0.303 e. The summed E-state index contributed by atoms with van der Waals surface area (Å²) in [7, 11) is 0. The van der Waals surface area contributed by atoms with E-state index in [1.807, 2.05) is 12.2 Å². The number of aliphatic hydroxyl groups is 3. The van der Waals surface area contributed by atoms with Crippen molar-refractivity contribution in [1.82, 2.24) is 0 Å². The molecule has 6 heteroatoms. The summed E-state index contributed by atoms with van der Waals surface area (Å²) >= 11 is 0. The number of allylic oxidation sites excluding steroid dienone is 4. The van der Waals surface area contributed by atoms with Gasteiger partial charge in [0.25, 0.3) is 0 Å². The summed E-state index contributed by atoms with van der Waals surface area (Å²) in [6, 6.07) is 0. The molecule has 0 bridgehead atoms. The van der Waals surface area contributed by atoms with Gasteiger partial charge in [-0.3, -0.25) is 4.79 Å². The van der Waals surface area contributed by atoms with E-state index in [0.29, 0.717) is 25.7 Å². The average molecular weight is 395 g/mol. The van der Waals surface area contributed by atoms with E-state index in [4.69, 9.17) is 9.84 Å². The molecule has 1 aliphatic rings. The second kappa shape index (κ2) is 14.3. The van der Waals surface area contributed by atoms with Gasteiger partial charge < -0.3 is 25.2 Å². The monoisotopic (exact) mass is 394 g/mol. The minimum Gasteiger partial charge on any atom is -0.481 e. The summed E-state index contributed by atoms with van der Waals surface area (Å²) in [5.41, 5.74) is 0. The molecule has 0 radical (unpaired) electrons. The fraction of sp³-hybridized carbons (Fsp3) is 0.591. The molecule has 1 fully saturated rings. The Morgan fingerprint density at radius 3 is 2.54 bits per heavy atom. The second-order valence-corrected chi connectivity index (χ2v) is 6.92. The lowest BCUT2D eigenvalue weighted by atomic mass is 10.0. The number of aliphatic carboxylic acids is 1. The molecule has 0 aliphatic carbocycles. The summed E-state index contributed by atoms with van der Waals surface area (Å²) in [6.45, 7) is 2.08. The van der Waals surface area contributed by atoms with E-state index in [9.17, 15) is 20.1 Å². The number of hydrogen-bond acceptors (Lipinski definition) is 5. The molecule has 0 spiro atoms. The molecule has 1 heterocycles. The van der Waals surface area contributed by atoms with Crippen LogP contribution in [0, 0.1) is 0 Å². The first-order chi connectivity index (χ1) is 13.4. The Kier molecular flexibility index (Phi) is 12.4. The van der Waals surface area contributed by atoms with Crippen molar-refractivity contribution in [2.75, 3.05) is 0 Å². The van der Waals surface area contributed by atoms with Crippen molar-refractivity contribution in [2.45, 2.75) is 82.4 Å². The zero-order valence-corrected chi connectivity index (χ0v) is 16.6. The lowest BCUT2D eigenvalue weighted by Gasteiger charge is -2.16. The van der Waals surface area contributed by atoms with Crippen LogP contribution in [-0.4, -0.2) is 56.9 Å². The van der Waals surface area contributed by atoms with Crippen molar-refractivity contribution in [3.8, 4) is 0 Å². The minimum atomic E-state index is -0.849. The summed E-state index contributed by atoms with van der Waals surface area (Å²) in [5.74, 6) is -0.849. The number of aliphatic hydroxyl groups excluding tert-OH is 3. The SMILES string of the molecule is CC/C=C\C/C=C\C[C@@H](O)[C@@H]1C[C@H](O)[C@H](/C=C/[C@H](O)C/C=C\CCC(=O)O)O1. The normalized spacial score (nSPS) is 25.5. The van der Waals surface area contributed by atoms with Crippen molar-refractivity contribution in [1.29, 1.82) is 0 Å². The Morgan fingerprint density at radius 1 is 1.11 bits per heavy atom. The van der Waals surface area contributed by atoms with Gasteiger partial charge in [0.15, 0.2) is 0 Å². The maximum atomic E-state index is 10.4. The largest absolute Gasteiger partial charge is 0.481 e. The molecule has 1 aliphatic heterocycles. The van der Waals surface area contributed by atoms with E-state index in [1.54, 1.807) is 24.3 Å². The number of hydrogen-bond donors (Lipinski definition) is 4. The lowest BCUT2D eigenvalue weighted by molar-refractivity contribution is -0.136. The first kappa shape index (κ1) is 24.3. The highest BCUT2D eigenvalue weighted by Gasteiger charge is 2.35. The van der Waals surface area contributed by atoms with Gasteiger partial charge in [-0.25, -0.2) is 0 Å². The molecule has 28 heavy (non-hydrogen) atoms. The van der Waals surface area contributed by atoms with Gasteiger partial charge in [0.2, 0.25) is 0 Å². The van der Waals surface area contributed by atoms with E-state index in [-0.39, 0.29) is 6.42 Å². The molecule has 0 unspecified atom stereocenters. The summed E-state index contributed by atoms with van der Waals surface area (Å²) in [6.07, 6.45) is 15.1. The van der Waals surface area contributed by atoms with Crippen LogP contribution in [-0.2, 0) is 9.53 Å². The Balaban J connectivity index is 2.34. The molecule has 158 valence electrons. The Bertz CT molecular complexity index is 551. The standard InChI is InChI=1S/C22H34O6/c1-2-3-4-5-6-9-12-18(24)21-16-19(25)20(28-21)15-14-17(23)11-8-7-10-13-22(26)27/h3-4,6-9,14-15,17-21,23-25H,2,5,10-13,16H2,1H3,(H,26,27)/b4-3-,8-7-,9-6-,15-14+/t17-,18-,19+,20+,21+/m1/s1. The van der Waals surface area contributed by atoms with Crippen molar-refractivity contribution >= 4 is 5.97 Å². The van der Waals surface area contributed by atoms with E-state index < -0.39 is 36.5 Å². The van der Waals surface area contributed by atoms with Gasteiger partial charge in [-0.2, -0.15) is 0 Å². The minimum absolute atomic E-state index is 0.0683. The van der Waals surface area contributed by atoms with Crippen LogP contribution in [0.25, 0.3) is 0 Å². The number of carboxylic acid groups (broad SMARTS) is 1. The number of ether oxygens (including phenoxy) is 1. The average Bonchev–Trinajstić information content (AvgIpc) is 3.03. The van der Waals surface area contributed by atoms with Crippen molar-refractivity contribution in [3.63, 3.8) is 0 Å².